The summed E-state index contributed by atoms with van der Waals surface area (Å²) < 4.78 is 1.26. The average molecular weight is 320 g/mol. The number of hydrogen-bond acceptors (Lipinski definition) is 4. The van der Waals surface area contributed by atoms with Crippen molar-refractivity contribution in [2.24, 2.45) is 0 Å². The van der Waals surface area contributed by atoms with Gasteiger partial charge in [0.1, 0.15) is 12.4 Å². The quantitative estimate of drug-likeness (QED) is 0.800. The van der Waals surface area contributed by atoms with Crippen LogP contribution in [-0.4, -0.2) is 20.4 Å². The molecule has 1 aromatic carbocycles. The summed E-state index contributed by atoms with van der Waals surface area (Å²) in [6.45, 7) is 1.74. The zero-order valence-electron chi connectivity index (χ0n) is 13.1. The van der Waals surface area contributed by atoms with Crippen molar-refractivity contribution in [3.8, 4) is 11.3 Å². The highest BCUT2D eigenvalue weighted by atomic mass is 16.2. The molecule has 0 atom stereocenters. The molecule has 6 nitrogen and oxygen atoms in total. The van der Waals surface area contributed by atoms with Crippen LogP contribution in [0.2, 0.25) is 0 Å². The van der Waals surface area contributed by atoms with Crippen molar-refractivity contribution in [3.63, 3.8) is 0 Å². The standard InChI is InChI=1S/C18H16N4O2/c1-13-6-5-9-19-18(13)21-16(23)11-22-12-20-15(10-17(22)24)14-7-3-2-4-8-14/h2-10,12H,11H2,1H3,(H,19,21,23). The first kappa shape index (κ1) is 15.6. The summed E-state index contributed by atoms with van der Waals surface area (Å²) in [7, 11) is 0. The van der Waals surface area contributed by atoms with Gasteiger partial charge in [-0.1, -0.05) is 36.4 Å². The minimum absolute atomic E-state index is 0.114. The number of nitrogens with zero attached hydrogens (tertiary/aromatic N) is 3. The third kappa shape index (κ3) is 3.55. The summed E-state index contributed by atoms with van der Waals surface area (Å²) in [4.78, 5) is 32.7. The Morgan fingerprint density at radius 1 is 1.12 bits per heavy atom. The van der Waals surface area contributed by atoms with E-state index in [4.69, 9.17) is 0 Å². The zero-order valence-corrected chi connectivity index (χ0v) is 13.1. The normalized spacial score (nSPS) is 10.4. The Kier molecular flexibility index (Phi) is 4.47. The Bertz CT molecular complexity index is 920. The second-order valence-corrected chi connectivity index (χ2v) is 5.32. The number of aromatic nitrogens is 3. The minimum Gasteiger partial charge on any atom is -0.309 e. The molecule has 1 amide bonds. The molecule has 0 fully saturated rings. The van der Waals surface area contributed by atoms with Crippen LogP contribution in [0.3, 0.4) is 0 Å². The molecule has 120 valence electrons. The Morgan fingerprint density at radius 3 is 2.62 bits per heavy atom. The highest BCUT2D eigenvalue weighted by Crippen LogP contribution is 2.13. The zero-order chi connectivity index (χ0) is 16.9. The number of rotatable bonds is 4. The molecule has 0 aliphatic rings. The van der Waals surface area contributed by atoms with E-state index in [1.54, 1.807) is 12.3 Å². The van der Waals surface area contributed by atoms with Crippen LogP contribution in [0.15, 0.2) is 65.8 Å². The Hall–Kier alpha value is -3.28. The van der Waals surface area contributed by atoms with Crippen LogP contribution in [0.25, 0.3) is 11.3 Å². The number of pyridine rings is 1. The molecule has 0 aliphatic heterocycles. The summed E-state index contributed by atoms with van der Waals surface area (Å²) >= 11 is 0. The lowest BCUT2D eigenvalue weighted by Gasteiger charge is -2.09. The van der Waals surface area contributed by atoms with Gasteiger partial charge in [0.15, 0.2) is 0 Å². The molecule has 0 aliphatic carbocycles. The lowest BCUT2D eigenvalue weighted by atomic mass is 10.1. The van der Waals surface area contributed by atoms with Crippen molar-refractivity contribution >= 4 is 11.7 Å². The third-order valence-electron chi connectivity index (χ3n) is 3.53. The average Bonchev–Trinajstić information content (AvgIpc) is 2.59. The number of anilines is 1. The predicted octanol–water partition coefficient (Wildman–Crippen LogP) is 2.25. The maximum Gasteiger partial charge on any atom is 0.254 e. The van der Waals surface area contributed by atoms with Gasteiger partial charge in [-0.15, -0.1) is 0 Å². The molecule has 0 spiro atoms. The molecule has 0 unspecified atom stereocenters. The van der Waals surface area contributed by atoms with Crippen LogP contribution in [0.4, 0.5) is 5.82 Å². The Balaban J connectivity index is 1.75. The van der Waals surface area contributed by atoms with E-state index >= 15 is 0 Å². The van der Waals surface area contributed by atoms with Crippen molar-refractivity contribution in [1.82, 2.24) is 14.5 Å². The van der Waals surface area contributed by atoms with E-state index in [2.05, 4.69) is 15.3 Å². The van der Waals surface area contributed by atoms with E-state index in [0.29, 0.717) is 11.5 Å². The molecule has 3 rings (SSSR count). The van der Waals surface area contributed by atoms with Gasteiger partial charge in [0.05, 0.1) is 12.0 Å². The minimum atomic E-state index is -0.326. The Morgan fingerprint density at radius 2 is 1.92 bits per heavy atom. The fourth-order valence-corrected chi connectivity index (χ4v) is 2.25. The second kappa shape index (κ2) is 6.87. The van der Waals surface area contributed by atoms with Crippen LogP contribution in [0, 0.1) is 6.92 Å². The molecule has 0 saturated carbocycles. The van der Waals surface area contributed by atoms with E-state index < -0.39 is 0 Å². The van der Waals surface area contributed by atoms with Crippen molar-refractivity contribution in [2.75, 3.05) is 5.32 Å². The number of benzene rings is 1. The van der Waals surface area contributed by atoms with Gasteiger partial charge < -0.3 is 5.32 Å². The van der Waals surface area contributed by atoms with Gasteiger partial charge in [0.25, 0.3) is 5.56 Å². The van der Waals surface area contributed by atoms with Crippen LogP contribution >= 0.6 is 0 Å². The van der Waals surface area contributed by atoms with Crippen molar-refractivity contribution in [3.05, 3.63) is 77.0 Å². The molecular weight excluding hydrogens is 304 g/mol. The fraction of sp³-hybridized carbons (Fsp3) is 0.111. The molecule has 0 radical (unpaired) electrons. The summed E-state index contributed by atoms with van der Waals surface area (Å²) in [5, 5.41) is 2.69. The van der Waals surface area contributed by atoms with Gasteiger partial charge in [-0.2, -0.15) is 0 Å². The van der Waals surface area contributed by atoms with E-state index in [9.17, 15) is 9.59 Å². The first-order valence-corrected chi connectivity index (χ1v) is 7.47. The highest BCUT2D eigenvalue weighted by Gasteiger charge is 2.09. The summed E-state index contributed by atoms with van der Waals surface area (Å²) in [6, 6.07) is 14.5. The van der Waals surface area contributed by atoms with Crippen LogP contribution < -0.4 is 10.9 Å². The van der Waals surface area contributed by atoms with E-state index in [1.165, 1.54) is 17.0 Å². The lowest BCUT2D eigenvalue weighted by Crippen LogP contribution is -2.27. The Labute approximate surface area is 138 Å². The van der Waals surface area contributed by atoms with E-state index in [-0.39, 0.29) is 18.0 Å². The number of hydrogen-bond donors (Lipinski definition) is 1. The fourth-order valence-electron chi connectivity index (χ4n) is 2.25. The molecule has 0 bridgehead atoms. The molecule has 1 N–H and O–H groups in total. The van der Waals surface area contributed by atoms with Gasteiger partial charge in [-0.05, 0) is 18.6 Å². The van der Waals surface area contributed by atoms with E-state index in [1.807, 2.05) is 43.3 Å². The SMILES string of the molecule is Cc1cccnc1NC(=O)Cn1cnc(-c2ccccc2)cc1=O. The lowest BCUT2D eigenvalue weighted by molar-refractivity contribution is -0.116. The molecule has 3 aromatic rings. The number of aryl methyl sites for hydroxylation is 1. The third-order valence-corrected chi connectivity index (χ3v) is 3.53. The summed E-state index contributed by atoms with van der Waals surface area (Å²) in [5.74, 6) is 0.164. The van der Waals surface area contributed by atoms with Gasteiger partial charge in [0, 0.05) is 17.8 Å². The number of carbonyl (C=O) groups excluding carboxylic acids is 1. The smallest absolute Gasteiger partial charge is 0.254 e. The van der Waals surface area contributed by atoms with Crippen molar-refractivity contribution in [1.29, 1.82) is 0 Å². The molecule has 2 heterocycles. The molecule has 6 heteroatoms. The largest absolute Gasteiger partial charge is 0.309 e. The second-order valence-electron chi connectivity index (χ2n) is 5.32. The molecule has 0 saturated heterocycles. The van der Waals surface area contributed by atoms with Gasteiger partial charge in [0.2, 0.25) is 5.91 Å². The van der Waals surface area contributed by atoms with Crippen molar-refractivity contribution in [2.45, 2.75) is 13.5 Å². The topological polar surface area (TPSA) is 76.9 Å². The van der Waals surface area contributed by atoms with Gasteiger partial charge in [-0.3, -0.25) is 14.2 Å². The highest BCUT2D eigenvalue weighted by molar-refractivity contribution is 5.90. The molecular formula is C18H16N4O2. The molecule has 24 heavy (non-hydrogen) atoms. The van der Waals surface area contributed by atoms with Gasteiger partial charge >= 0.3 is 0 Å². The first-order chi connectivity index (χ1) is 11.6. The van der Waals surface area contributed by atoms with Crippen LogP contribution in [0.1, 0.15) is 5.56 Å². The summed E-state index contributed by atoms with van der Waals surface area (Å²) in [5.41, 5.74) is 2.01. The predicted molar refractivity (Wildman–Crippen MR) is 91.5 cm³/mol. The summed E-state index contributed by atoms with van der Waals surface area (Å²) in [6.07, 6.45) is 2.99. The van der Waals surface area contributed by atoms with Crippen LogP contribution in [0.5, 0.6) is 0 Å². The first-order valence-electron chi connectivity index (χ1n) is 7.47. The number of carbonyl (C=O) groups is 1. The monoisotopic (exact) mass is 320 g/mol. The number of nitrogens with one attached hydrogen (secondary N) is 1. The van der Waals surface area contributed by atoms with Crippen molar-refractivity contribution < 1.29 is 4.79 Å². The maximum atomic E-state index is 12.2. The molecule has 2 aromatic heterocycles. The van der Waals surface area contributed by atoms with E-state index in [0.717, 1.165) is 11.1 Å². The van der Waals surface area contributed by atoms with Gasteiger partial charge in [-0.25, -0.2) is 9.97 Å². The van der Waals surface area contributed by atoms with Crippen LogP contribution in [-0.2, 0) is 11.3 Å². The number of amides is 1. The maximum absolute atomic E-state index is 12.2.